The van der Waals surface area contributed by atoms with Crippen LogP contribution in [0.25, 0.3) is 0 Å². The summed E-state index contributed by atoms with van der Waals surface area (Å²) in [5, 5.41) is 0. The molecule has 70 valence electrons. The molecule has 1 heterocycles. The summed E-state index contributed by atoms with van der Waals surface area (Å²) in [6.07, 6.45) is 2.87. The maximum absolute atomic E-state index is 10.9. The van der Waals surface area contributed by atoms with Gasteiger partial charge in [0.25, 0.3) is 0 Å². The minimum Gasteiger partial charge on any atom is -0.469 e. The molecule has 0 spiro atoms. The zero-order valence-electron chi connectivity index (χ0n) is 7.91. The highest BCUT2D eigenvalue weighted by Gasteiger charge is 2.03. The van der Waals surface area contributed by atoms with E-state index in [4.69, 9.17) is 0 Å². The molecule has 0 amide bonds. The molecule has 0 unspecified atom stereocenters. The molecule has 0 aliphatic heterocycles. The topological polar surface area (TPSA) is 39.2 Å². The maximum atomic E-state index is 10.9. The minimum atomic E-state index is -0.178. The highest BCUT2D eigenvalue weighted by Crippen LogP contribution is 2.06. The lowest BCUT2D eigenvalue weighted by molar-refractivity contribution is -0.140. The summed E-state index contributed by atoms with van der Waals surface area (Å²) in [7, 11) is 1.40. The molecule has 0 bridgehead atoms. The second-order valence-corrected chi connectivity index (χ2v) is 2.82. The Balaban J connectivity index is 2.54. The molecule has 0 aliphatic rings. The molecule has 1 aromatic rings. The Morgan fingerprint density at radius 2 is 2.38 bits per heavy atom. The monoisotopic (exact) mass is 179 g/mol. The maximum Gasteiger partial charge on any atom is 0.305 e. The number of carbonyl (C=O) groups is 1. The Hall–Kier alpha value is -1.38. The minimum absolute atomic E-state index is 0.178. The molecular weight excluding hydrogens is 166 g/mol. The van der Waals surface area contributed by atoms with Crippen molar-refractivity contribution >= 4 is 5.97 Å². The summed E-state index contributed by atoms with van der Waals surface area (Å²) in [5.41, 5.74) is 2.08. The summed E-state index contributed by atoms with van der Waals surface area (Å²) < 4.78 is 4.55. The largest absolute Gasteiger partial charge is 0.469 e. The number of hydrogen-bond donors (Lipinski definition) is 0. The van der Waals surface area contributed by atoms with Crippen LogP contribution in [0.5, 0.6) is 0 Å². The fourth-order valence-corrected chi connectivity index (χ4v) is 1.12. The molecule has 3 nitrogen and oxygen atoms in total. The Morgan fingerprint density at radius 3 is 3.00 bits per heavy atom. The van der Waals surface area contributed by atoms with Gasteiger partial charge in [0.05, 0.1) is 7.11 Å². The van der Waals surface area contributed by atoms with E-state index in [0.717, 1.165) is 11.3 Å². The van der Waals surface area contributed by atoms with Crippen LogP contribution in [0.4, 0.5) is 0 Å². The first kappa shape index (κ1) is 9.71. The third kappa shape index (κ3) is 2.86. The summed E-state index contributed by atoms with van der Waals surface area (Å²) in [6.45, 7) is 1.94. The number of hydrogen-bond acceptors (Lipinski definition) is 3. The van der Waals surface area contributed by atoms with Crippen molar-refractivity contribution in [1.82, 2.24) is 4.98 Å². The Bertz CT molecular complexity index is 297. The van der Waals surface area contributed by atoms with Crippen molar-refractivity contribution in [2.75, 3.05) is 7.11 Å². The van der Waals surface area contributed by atoms with E-state index in [1.165, 1.54) is 7.11 Å². The number of pyridine rings is 1. The number of aryl methyl sites for hydroxylation is 2. The van der Waals surface area contributed by atoms with Gasteiger partial charge in [-0.05, 0) is 25.0 Å². The van der Waals surface area contributed by atoms with Crippen LogP contribution in [-0.2, 0) is 16.0 Å². The van der Waals surface area contributed by atoms with Gasteiger partial charge in [-0.3, -0.25) is 9.78 Å². The molecule has 0 aliphatic carbocycles. The fourth-order valence-electron chi connectivity index (χ4n) is 1.12. The third-order valence-electron chi connectivity index (χ3n) is 1.94. The predicted molar refractivity (Wildman–Crippen MR) is 49.3 cm³/mol. The van der Waals surface area contributed by atoms with Gasteiger partial charge in [-0.15, -0.1) is 0 Å². The van der Waals surface area contributed by atoms with Gasteiger partial charge in [0, 0.05) is 18.3 Å². The summed E-state index contributed by atoms with van der Waals surface area (Å²) in [5.74, 6) is -0.178. The van der Waals surface area contributed by atoms with E-state index in [1.54, 1.807) is 6.20 Å². The van der Waals surface area contributed by atoms with Crippen LogP contribution in [0.3, 0.4) is 0 Å². The number of esters is 1. The van der Waals surface area contributed by atoms with E-state index >= 15 is 0 Å². The van der Waals surface area contributed by atoms with E-state index < -0.39 is 0 Å². The van der Waals surface area contributed by atoms with Crippen molar-refractivity contribution in [3.63, 3.8) is 0 Å². The Morgan fingerprint density at radius 1 is 1.62 bits per heavy atom. The third-order valence-corrected chi connectivity index (χ3v) is 1.94. The average molecular weight is 179 g/mol. The van der Waals surface area contributed by atoms with Crippen molar-refractivity contribution in [2.45, 2.75) is 19.8 Å². The molecule has 0 radical (unpaired) electrons. The normalized spacial score (nSPS) is 9.69. The standard InChI is InChI=1S/C10H13NO2/c1-8-9(4-3-7-11-8)5-6-10(12)13-2/h3-4,7H,5-6H2,1-2H3. The van der Waals surface area contributed by atoms with Crippen molar-refractivity contribution in [2.24, 2.45) is 0 Å². The lowest BCUT2D eigenvalue weighted by Gasteiger charge is -2.02. The van der Waals surface area contributed by atoms with Crippen molar-refractivity contribution in [3.8, 4) is 0 Å². The molecule has 0 aromatic carbocycles. The molecule has 0 N–H and O–H groups in total. The zero-order chi connectivity index (χ0) is 9.68. The smallest absolute Gasteiger partial charge is 0.305 e. The summed E-state index contributed by atoms with van der Waals surface area (Å²) >= 11 is 0. The van der Waals surface area contributed by atoms with Gasteiger partial charge in [-0.2, -0.15) is 0 Å². The predicted octanol–water partition coefficient (Wildman–Crippen LogP) is 1.50. The van der Waals surface area contributed by atoms with E-state index in [1.807, 2.05) is 19.1 Å². The van der Waals surface area contributed by atoms with Crippen LogP contribution in [0.2, 0.25) is 0 Å². The second-order valence-electron chi connectivity index (χ2n) is 2.82. The molecule has 1 aromatic heterocycles. The van der Waals surface area contributed by atoms with Gasteiger partial charge in [0.2, 0.25) is 0 Å². The lowest BCUT2D eigenvalue weighted by Crippen LogP contribution is -2.03. The van der Waals surface area contributed by atoms with Crippen LogP contribution in [-0.4, -0.2) is 18.1 Å². The molecule has 0 saturated heterocycles. The second kappa shape index (κ2) is 4.60. The Labute approximate surface area is 77.8 Å². The van der Waals surface area contributed by atoms with E-state index in [9.17, 15) is 4.79 Å². The molecule has 3 heteroatoms. The summed E-state index contributed by atoms with van der Waals surface area (Å²) in [4.78, 5) is 15.0. The number of rotatable bonds is 3. The molecule has 0 atom stereocenters. The van der Waals surface area contributed by atoms with Gasteiger partial charge < -0.3 is 4.74 Å². The molecule has 1 rings (SSSR count). The number of aromatic nitrogens is 1. The number of methoxy groups -OCH3 is 1. The summed E-state index contributed by atoms with van der Waals surface area (Å²) in [6, 6.07) is 3.85. The highest BCUT2D eigenvalue weighted by molar-refractivity contribution is 5.69. The van der Waals surface area contributed by atoms with Gasteiger partial charge in [-0.1, -0.05) is 6.07 Å². The Kier molecular flexibility index (Phi) is 3.43. The van der Waals surface area contributed by atoms with Crippen LogP contribution >= 0.6 is 0 Å². The number of ether oxygens (including phenoxy) is 1. The van der Waals surface area contributed by atoms with Gasteiger partial charge in [0.1, 0.15) is 0 Å². The lowest BCUT2D eigenvalue weighted by atomic mass is 10.1. The first-order valence-electron chi connectivity index (χ1n) is 4.21. The SMILES string of the molecule is COC(=O)CCc1cccnc1C. The molecule has 0 saturated carbocycles. The van der Waals surface area contributed by atoms with Crippen molar-refractivity contribution in [1.29, 1.82) is 0 Å². The quantitative estimate of drug-likeness (QED) is 0.660. The number of nitrogens with zero attached hydrogens (tertiary/aromatic N) is 1. The van der Waals surface area contributed by atoms with Crippen LogP contribution < -0.4 is 0 Å². The molecular formula is C10H13NO2. The van der Waals surface area contributed by atoms with Crippen LogP contribution in [0.1, 0.15) is 17.7 Å². The fraction of sp³-hybridized carbons (Fsp3) is 0.400. The van der Waals surface area contributed by atoms with Crippen molar-refractivity contribution < 1.29 is 9.53 Å². The van der Waals surface area contributed by atoms with Crippen LogP contribution in [0.15, 0.2) is 18.3 Å². The van der Waals surface area contributed by atoms with E-state index in [-0.39, 0.29) is 5.97 Å². The van der Waals surface area contributed by atoms with E-state index in [0.29, 0.717) is 12.8 Å². The zero-order valence-corrected chi connectivity index (χ0v) is 7.91. The van der Waals surface area contributed by atoms with Crippen LogP contribution in [0, 0.1) is 6.92 Å². The van der Waals surface area contributed by atoms with Gasteiger partial charge in [-0.25, -0.2) is 0 Å². The number of carbonyl (C=O) groups excluding carboxylic acids is 1. The first-order chi connectivity index (χ1) is 6.24. The molecule has 0 fully saturated rings. The molecule has 13 heavy (non-hydrogen) atoms. The first-order valence-corrected chi connectivity index (χ1v) is 4.21. The average Bonchev–Trinajstić information content (AvgIpc) is 2.16. The van der Waals surface area contributed by atoms with E-state index in [2.05, 4.69) is 9.72 Å². The van der Waals surface area contributed by atoms with Gasteiger partial charge in [0.15, 0.2) is 0 Å². The van der Waals surface area contributed by atoms with Crippen molar-refractivity contribution in [3.05, 3.63) is 29.6 Å². The highest BCUT2D eigenvalue weighted by atomic mass is 16.5. The van der Waals surface area contributed by atoms with Gasteiger partial charge >= 0.3 is 5.97 Å².